The normalized spacial score (nSPS) is 10.7. The minimum Gasteiger partial charge on any atom is -0.361 e. The summed E-state index contributed by atoms with van der Waals surface area (Å²) in [4.78, 5) is 15.2. The molecule has 0 aliphatic rings. The van der Waals surface area contributed by atoms with Gasteiger partial charge in [-0.25, -0.2) is 0 Å². The Morgan fingerprint density at radius 2 is 1.86 bits per heavy atom. The zero-order valence-electron chi connectivity index (χ0n) is 11.4. The third-order valence-corrected chi connectivity index (χ3v) is 4.14. The number of carbonyl (C=O) groups is 1. The van der Waals surface area contributed by atoms with Gasteiger partial charge in [0, 0.05) is 32.8 Å². The lowest BCUT2D eigenvalue weighted by Crippen LogP contribution is -2.12. The first-order chi connectivity index (χ1) is 10.2. The summed E-state index contributed by atoms with van der Waals surface area (Å²) in [6, 6.07) is 16.0. The van der Waals surface area contributed by atoms with E-state index in [0.717, 1.165) is 21.2 Å². The van der Waals surface area contributed by atoms with Crippen LogP contribution in [0.3, 0.4) is 0 Å². The molecule has 3 rings (SSSR count). The molecule has 2 aromatic carbocycles. The van der Waals surface area contributed by atoms with Crippen molar-refractivity contribution >= 4 is 45.1 Å². The van der Waals surface area contributed by atoms with Crippen molar-refractivity contribution in [3.8, 4) is 0 Å². The summed E-state index contributed by atoms with van der Waals surface area (Å²) in [5.41, 5.74) is 3.15. The van der Waals surface area contributed by atoms with Gasteiger partial charge >= 0.3 is 0 Å². The van der Waals surface area contributed by atoms with Gasteiger partial charge in [0.15, 0.2) is 0 Å². The molecule has 1 aromatic heterocycles. The van der Waals surface area contributed by atoms with Crippen LogP contribution in [0, 0.1) is 3.57 Å². The van der Waals surface area contributed by atoms with Gasteiger partial charge in [0.05, 0.1) is 0 Å². The highest BCUT2D eigenvalue weighted by Crippen LogP contribution is 2.19. The predicted molar refractivity (Wildman–Crippen MR) is 94.4 cm³/mol. The Kier molecular flexibility index (Phi) is 4.24. The topological polar surface area (TPSA) is 44.9 Å². The third kappa shape index (κ3) is 3.44. The molecule has 21 heavy (non-hydrogen) atoms. The summed E-state index contributed by atoms with van der Waals surface area (Å²) in [6.07, 6.45) is 3.21. The number of aryl methyl sites for hydroxylation is 1. The van der Waals surface area contributed by atoms with Crippen molar-refractivity contribution in [3.05, 3.63) is 63.9 Å². The van der Waals surface area contributed by atoms with Crippen molar-refractivity contribution in [1.82, 2.24) is 4.98 Å². The van der Waals surface area contributed by atoms with Crippen LogP contribution >= 0.6 is 22.6 Å². The molecule has 0 spiro atoms. The minimum absolute atomic E-state index is 0.0430. The molecule has 0 saturated carbocycles. The Hall–Kier alpha value is -1.82. The lowest BCUT2D eigenvalue weighted by atomic mass is 10.1. The highest BCUT2D eigenvalue weighted by molar-refractivity contribution is 14.1. The summed E-state index contributed by atoms with van der Waals surface area (Å²) in [5.74, 6) is 0.0430. The first-order valence-corrected chi connectivity index (χ1v) is 7.91. The summed E-state index contributed by atoms with van der Waals surface area (Å²) >= 11 is 2.25. The third-order valence-electron chi connectivity index (χ3n) is 3.42. The molecule has 0 atom stereocenters. The molecule has 1 heterocycles. The average molecular weight is 390 g/mol. The molecule has 106 valence electrons. The van der Waals surface area contributed by atoms with Gasteiger partial charge in [0.1, 0.15) is 0 Å². The quantitative estimate of drug-likeness (QED) is 0.640. The van der Waals surface area contributed by atoms with Crippen LogP contribution in [-0.4, -0.2) is 10.9 Å². The van der Waals surface area contributed by atoms with E-state index in [1.165, 1.54) is 10.9 Å². The SMILES string of the molecule is O=C(CCc1c[nH]c2ccccc12)Nc1ccc(I)cc1. The highest BCUT2D eigenvalue weighted by atomic mass is 127. The molecule has 0 bridgehead atoms. The summed E-state index contributed by atoms with van der Waals surface area (Å²) in [7, 11) is 0. The van der Waals surface area contributed by atoms with Crippen molar-refractivity contribution in [2.45, 2.75) is 12.8 Å². The fraction of sp³-hybridized carbons (Fsp3) is 0.118. The lowest BCUT2D eigenvalue weighted by Gasteiger charge is -2.05. The first-order valence-electron chi connectivity index (χ1n) is 6.83. The number of amides is 1. The number of rotatable bonds is 4. The van der Waals surface area contributed by atoms with E-state index < -0.39 is 0 Å². The van der Waals surface area contributed by atoms with Crippen molar-refractivity contribution in [1.29, 1.82) is 0 Å². The number of hydrogen-bond donors (Lipinski definition) is 2. The molecule has 4 heteroatoms. The summed E-state index contributed by atoms with van der Waals surface area (Å²) < 4.78 is 1.16. The zero-order chi connectivity index (χ0) is 14.7. The van der Waals surface area contributed by atoms with Crippen molar-refractivity contribution in [3.63, 3.8) is 0 Å². The van der Waals surface area contributed by atoms with Gasteiger partial charge in [0.25, 0.3) is 0 Å². The minimum atomic E-state index is 0.0430. The Bertz CT molecular complexity index is 762. The summed E-state index contributed by atoms with van der Waals surface area (Å²) in [5, 5.41) is 4.12. The van der Waals surface area contributed by atoms with Crippen LogP contribution in [0.5, 0.6) is 0 Å². The fourth-order valence-electron chi connectivity index (χ4n) is 2.34. The van der Waals surface area contributed by atoms with Crippen molar-refractivity contribution in [2.24, 2.45) is 0 Å². The second-order valence-corrected chi connectivity index (χ2v) is 6.16. The van der Waals surface area contributed by atoms with Crippen LogP contribution < -0.4 is 5.32 Å². The van der Waals surface area contributed by atoms with E-state index in [1.807, 2.05) is 48.7 Å². The van der Waals surface area contributed by atoms with Gasteiger partial charge in [-0.15, -0.1) is 0 Å². The number of benzene rings is 2. The molecule has 2 N–H and O–H groups in total. The van der Waals surface area contributed by atoms with Gasteiger partial charge in [-0.1, -0.05) is 18.2 Å². The van der Waals surface area contributed by atoms with E-state index in [0.29, 0.717) is 6.42 Å². The standard InChI is InChI=1S/C17H15IN2O/c18-13-6-8-14(9-7-13)20-17(21)10-5-12-11-19-16-4-2-1-3-15(12)16/h1-4,6-9,11,19H,5,10H2,(H,20,21). The van der Waals surface area contributed by atoms with Gasteiger partial charge < -0.3 is 10.3 Å². The Balaban J connectivity index is 1.62. The van der Waals surface area contributed by atoms with Crippen LogP contribution in [0.2, 0.25) is 0 Å². The molecule has 3 nitrogen and oxygen atoms in total. The van der Waals surface area contributed by atoms with E-state index in [4.69, 9.17) is 0 Å². The predicted octanol–water partition coefficient (Wildman–Crippen LogP) is 4.34. The number of hydrogen-bond acceptors (Lipinski definition) is 1. The van der Waals surface area contributed by atoms with Crippen LogP contribution in [-0.2, 0) is 11.2 Å². The van der Waals surface area contributed by atoms with Crippen LogP contribution in [0.1, 0.15) is 12.0 Å². The van der Waals surface area contributed by atoms with Gasteiger partial charge in [-0.3, -0.25) is 4.79 Å². The van der Waals surface area contributed by atoms with Crippen molar-refractivity contribution in [2.75, 3.05) is 5.32 Å². The number of carbonyl (C=O) groups excluding carboxylic acids is 1. The van der Waals surface area contributed by atoms with Crippen LogP contribution in [0.4, 0.5) is 5.69 Å². The molecular weight excluding hydrogens is 375 g/mol. The Labute approximate surface area is 136 Å². The number of anilines is 1. The Morgan fingerprint density at radius 1 is 1.10 bits per heavy atom. The number of H-pyrrole nitrogens is 1. The molecule has 0 fully saturated rings. The first kappa shape index (κ1) is 14.1. The fourth-order valence-corrected chi connectivity index (χ4v) is 2.70. The van der Waals surface area contributed by atoms with Crippen LogP contribution in [0.25, 0.3) is 10.9 Å². The second kappa shape index (κ2) is 6.30. The van der Waals surface area contributed by atoms with E-state index in [1.54, 1.807) is 0 Å². The summed E-state index contributed by atoms with van der Waals surface area (Å²) in [6.45, 7) is 0. The molecule has 0 radical (unpaired) electrons. The number of halogens is 1. The maximum atomic E-state index is 12.0. The number of fused-ring (bicyclic) bond motifs is 1. The van der Waals surface area contributed by atoms with E-state index >= 15 is 0 Å². The van der Waals surface area contributed by atoms with E-state index in [9.17, 15) is 4.79 Å². The van der Waals surface area contributed by atoms with Gasteiger partial charge in [-0.2, -0.15) is 0 Å². The largest absolute Gasteiger partial charge is 0.361 e. The zero-order valence-corrected chi connectivity index (χ0v) is 13.6. The van der Waals surface area contributed by atoms with Gasteiger partial charge in [-0.05, 0) is 64.9 Å². The molecule has 0 unspecified atom stereocenters. The monoisotopic (exact) mass is 390 g/mol. The second-order valence-electron chi connectivity index (χ2n) is 4.91. The maximum Gasteiger partial charge on any atom is 0.224 e. The maximum absolute atomic E-state index is 12.0. The van der Waals surface area contributed by atoms with Crippen LogP contribution in [0.15, 0.2) is 54.7 Å². The number of para-hydroxylation sites is 1. The van der Waals surface area contributed by atoms with Gasteiger partial charge in [0.2, 0.25) is 5.91 Å². The molecule has 0 aliphatic carbocycles. The highest BCUT2D eigenvalue weighted by Gasteiger charge is 2.07. The number of aromatic nitrogens is 1. The molecule has 1 amide bonds. The number of aromatic amines is 1. The molecule has 3 aromatic rings. The number of nitrogens with one attached hydrogen (secondary N) is 2. The van der Waals surface area contributed by atoms with Crippen molar-refractivity contribution < 1.29 is 4.79 Å². The molecular formula is C17H15IN2O. The Morgan fingerprint density at radius 3 is 2.67 bits per heavy atom. The lowest BCUT2D eigenvalue weighted by molar-refractivity contribution is -0.116. The average Bonchev–Trinajstić information content (AvgIpc) is 2.91. The van der Waals surface area contributed by atoms with E-state index in [-0.39, 0.29) is 5.91 Å². The molecule has 0 saturated heterocycles. The smallest absolute Gasteiger partial charge is 0.224 e. The molecule has 0 aliphatic heterocycles. The van der Waals surface area contributed by atoms with E-state index in [2.05, 4.69) is 39.0 Å².